The second-order valence-electron chi connectivity index (χ2n) is 11.5. The van der Waals surface area contributed by atoms with E-state index in [-0.39, 0.29) is 30.5 Å². The minimum Gasteiger partial charge on any atom is -0.494 e. The summed E-state index contributed by atoms with van der Waals surface area (Å²) in [6.45, 7) is 0.546. The Kier molecular flexibility index (Phi) is 11.1. The molecule has 0 aromatic heterocycles. The first-order chi connectivity index (χ1) is 22.3. The number of halogens is 2. The molecule has 0 bridgehead atoms. The van der Waals surface area contributed by atoms with Crippen LogP contribution >= 0.6 is 23.2 Å². The van der Waals surface area contributed by atoms with Crippen LogP contribution < -0.4 is 15.6 Å². The van der Waals surface area contributed by atoms with E-state index in [9.17, 15) is 15.4 Å². The zero-order chi connectivity index (χ0) is 32.6. The third-order valence-electron chi connectivity index (χ3n) is 8.28. The normalized spacial score (nSPS) is 20.3. The molecule has 1 fully saturated rings. The molecule has 0 spiro atoms. The van der Waals surface area contributed by atoms with Crippen molar-refractivity contribution in [3.8, 4) is 5.75 Å². The third kappa shape index (κ3) is 7.75. The second kappa shape index (κ2) is 15.2. The van der Waals surface area contributed by atoms with Crippen molar-refractivity contribution >= 4 is 40.7 Å². The Bertz CT molecular complexity index is 1610. The molecule has 5 rings (SSSR count). The van der Waals surface area contributed by atoms with Crippen molar-refractivity contribution in [2.45, 2.75) is 62.2 Å². The lowest BCUT2D eigenvalue weighted by Gasteiger charge is -2.34. The van der Waals surface area contributed by atoms with Gasteiger partial charge in [0.05, 0.1) is 12.2 Å². The molecule has 1 heterocycles. The van der Waals surface area contributed by atoms with Gasteiger partial charge in [0.15, 0.2) is 11.6 Å². The summed E-state index contributed by atoms with van der Waals surface area (Å²) in [5, 5.41) is 24.7. The lowest BCUT2D eigenvalue weighted by Crippen LogP contribution is -2.56. The van der Waals surface area contributed by atoms with Crippen LogP contribution in [-0.2, 0) is 16.0 Å². The number of nitrogens with zero attached hydrogens (tertiary/aromatic N) is 4. The van der Waals surface area contributed by atoms with Crippen LogP contribution in [-0.4, -0.2) is 52.9 Å². The summed E-state index contributed by atoms with van der Waals surface area (Å²) in [6.07, 6.45) is 3.62. The average Bonchev–Trinajstić information content (AvgIpc) is 3.43. The molecule has 13 heteroatoms. The Balaban J connectivity index is 1.57. The molecule has 11 nitrogen and oxygen atoms in total. The van der Waals surface area contributed by atoms with Gasteiger partial charge in [-0.15, -0.1) is 0 Å². The highest BCUT2D eigenvalue weighted by Gasteiger charge is 2.54. The first-order valence-corrected chi connectivity index (χ1v) is 16.0. The predicted octanol–water partition coefficient (Wildman–Crippen LogP) is 6.51. The monoisotopic (exact) mass is 666 g/mol. The topological polar surface area (TPSA) is 161 Å². The maximum absolute atomic E-state index is 14.5. The van der Waals surface area contributed by atoms with Gasteiger partial charge in [0.1, 0.15) is 5.75 Å². The van der Waals surface area contributed by atoms with Crippen LogP contribution in [0.5, 0.6) is 5.75 Å². The van der Waals surface area contributed by atoms with Gasteiger partial charge in [-0.25, -0.2) is 10.4 Å². The number of nitrogens with one attached hydrogen (secondary N) is 2. The van der Waals surface area contributed by atoms with Gasteiger partial charge in [-0.2, -0.15) is 0 Å². The molecular formula is C33H36Cl2N6O5. The van der Waals surface area contributed by atoms with Gasteiger partial charge in [-0.05, 0) is 60.3 Å². The zero-order valence-electron chi connectivity index (χ0n) is 25.2. The molecule has 3 aromatic rings. The van der Waals surface area contributed by atoms with Crippen molar-refractivity contribution in [1.29, 1.82) is 0 Å². The molecule has 0 unspecified atom stereocenters. The average molecular weight is 668 g/mol. The number of ether oxygens (including phenoxy) is 2. The van der Waals surface area contributed by atoms with Crippen LogP contribution in [0.25, 0.3) is 10.4 Å². The highest BCUT2D eigenvalue weighted by atomic mass is 35.5. The highest BCUT2D eigenvalue weighted by molar-refractivity contribution is 6.35. The number of carbonyl (C=O) groups excluding carboxylic acids is 1. The Hall–Kier alpha value is -3.83. The van der Waals surface area contributed by atoms with Crippen molar-refractivity contribution in [2.75, 3.05) is 19.8 Å². The van der Waals surface area contributed by atoms with Crippen LogP contribution in [0.15, 0.2) is 76.8 Å². The van der Waals surface area contributed by atoms with Crippen molar-refractivity contribution < 1.29 is 24.5 Å². The number of aliphatic hydroxyl groups is 2. The molecule has 242 valence electrons. The van der Waals surface area contributed by atoms with E-state index in [0.29, 0.717) is 59.0 Å². The standard InChI is InChI=1S/C33H36Cl2N6O5/c34-24-11-14-26(27(35)19-24)29-33(20-23-7-2-3-8-28(23)39-41-36,31(43)40-37-21-32(44)15-4-1-5-16-32)38-30(46-29)22-9-12-25(13-10-22)45-18-6-17-42/h2-3,7-14,19,29,37,42,44H,1,4-6,15-18,20-21H2,(H,40,43)/t29-,33-/m0/s1. The third-order valence-corrected chi connectivity index (χ3v) is 8.84. The van der Waals surface area contributed by atoms with Crippen LogP contribution in [0.3, 0.4) is 0 Å². The first kappa shape index (κ1) is 33.5. The Morgan fingerprint density at radius 1 is 1.11 bits per heavy atom. The van der Waals surface area contributed by atoms with Crippen molar-refractivity contribution in [1.82, 2.24) is 10.9 Å². The van der Waals surface area contributed by atoms with Crippen molar-refractivity contribution in [3.05, 3.63) is 104 Å². The highest BCUT2D eigenvalue weighted by Crippen LogP contribution is 2.46. The molecule has 46 heavy (non-hydrogen) atoms. The van der Waals surface area contributed by atoms with E-state index in [1.54, 1.807) is 66.7 Å². The van der Waals surface area contributed by atoms with Gasteiger partial charge in [-0.3, -0.25) is 10.2 Å². The molecule has 1 saturated carbocycles. The number of carbonyl (C=O) groups is 1. The number of aliphatic hydroxyl groups excluding tert-OH is 1. The number of azide groups is 1. The van der Waals surface area contributed by atoms with Gasteiger partial charge < -0.3 is 19.7 Å². The van der Waals surface area contributed by atoms with Crippen molar-refractivity contribution in [3.63, 3.8) is 0 Å². The summed E-state index contributed by atoms with van der Waals surface area (Å²) in [7, 11) is 0. The quantitative estimate of drug-likeness (QED) is 0.0534. The van der Waals surface area contributed by atoms with E-state index in [2.05, 4.69) is 20.9 Å². The summed E-state index contributed by atoms with van der Waals surface area (Å²) in [4.78, 5) is 22.4. The fourth-order valence-corrected chi connectivity index (χ4v) is 6.36. The molecule has 1 aliphatic carbocycles. The summed E-state index contributed by atoms with van der Waals surface area (Å²) < 4.78 is 12.2. The number of amides is 1. The molecule has 0 radical (unpaired) electrons. The maximum atomic E-state index is 14.5. The fraction of sp³-hybridized carbons (Fsp3) is 0.394. The van der Waals surface area contributed by atoms with Crippen molar-refractivity contribution in [2.24, 2.45) is 10.1 Å². The number of hydrogen-bond donors (Lipinski definition) is 4. The first-order valence-electron chi connectivity index (χ1n) is 15.2. The van der Waals surface area contributed by atoms with Gasteiger partial charge in [0.2, 0.25) is 5.90 Å². The van der Waals surface area contributed by atoms with Gasteiger partial charge >= 0.3 is 0 Å². The number of hydrazine groups is 1. The molecule has 2 aliphatic rings. The number of aliphatic imine (C=N–C) groups is 1. The fourth-order valence-electron chi connectivity index (χ4n) is 5.85. The number of rotatable bonds is 13. The van der Waals surface area contributed by atoms with E-state index < -0.39 is 23.2 Å². The molecule has 3 aromatic carbocycles. The molecule has 4 N–H and O–H groups in total. The predicted molar refractivity (Wildman–Crippen MR) is 176 cm³/mol. The Morgan fingerprint density at radius 2 is 1.87 bits per heavy atom. The molecule has 1 amide bonds. The Labute approximate surface area is 277 Å². The van der Waals surface area contributed by atoms with Crippen LogP contribution in [0, 0.1) is 0 Å². The lowest BCUT2D eigenvalue weighted by molar-refractivity contribution is -0.130. The van der Waals surface area contributed by atoms with E-state index in [0.717, 1.165) is 19.3 Å². The number of hydrogen-bond acceptors (Lipinski definition) is 8. The van der Waals surface area contributed by atoms with E-state index in [1.165, 1.54) is 0 Å². The lowest BCUT2D eigenvalue weighted by atomic mass is 9.81. The zero-order valence-corrected chi connectivity index (χ0v) is 26.7. The van der Waals surface area contributed by atoms with Gasteiger partial charge in [0.25, 0.3) is 5.91 Å². The molecular weight excluding hydrogens is 631 g/mol. The molecule has 1 aliphatic heterocycles. The number of benzene rings is 3. The summed E-state index contributed by atoms with van der Waals surface area (Å²) in [5.74, 6) is 0.267. The molecule has 0 saturated heterocycles. The van der Waals surface area contributed by atoms with Gasteiger partial charge in [-0.1, -0.05) is 77.9 Å². The maximum Gasteiger partial charge on any atom is 0.266 e. The smallest absolute Gasteiger partial charge is 0.266 e. The summed E-state index contributed by atoms with van der Waals surface area (Å²) in [6, 6.07) is 18.9. The van der Waals surface area contributed by atoms with E-state index >= 15 is 0 Å². The SMILES string of the molecule is [N-]=[N+]=Nc1ccccc1C[C@]1(C(=O)NNCC2(O)CCCCC2)N=C(c2ccc(OCCCO)cc2)O[C@H]1c1ccc(Cl)cc1Cl. The summed E-state index contributed by atoms with van der Waals surface area (Å²) in [5.41, 5.74) is 14.4. The minimum absolute atomic E-state index is 0.0184. The van der Waals surface area contributed by atoms with Crippen LogP contribution in [0.1, 0.15) is 61.3 Å². The largest absolute Gasteiger partial charge is 0.494 e. The van der Waals surface area contributed by atoms with Crippen LogP contribution in [0.2, 0.25) is 10.0 Å². The molecule has 2 atom stereocenters. The summed E-state index contributed by atoms with van der Waals surface area (Å²) >= 11 is 13.0. The van der Waals surface area contributed by atoms with E-state index in [1.807, 2.05) is 0 Å². The van der Waals surface area contributed by atoms with E-state index in [4.69, 9.17) is 42.8 Å². The minimum atomic E-state index is -1.65. The Morgan fingerprint density at radius 3 is 2.59 bits per heavy atom. The van der Waals surface area contributed by atoms with Crippen LogP contribution in [0.4, 0.5) is 5.69 Å². The van der Waals surface area contributed by atoms with Gasteiger partial charge in [0, 0.05) is 57.8 Å². The second-order valence-corrected chi connectivity index (χ2v) is 12.4.